The summed E-state index contributed by atoms with van der Waals surface area (Å²) in [5.41, 5.74) is 1.73. The molecule has 1 aliphatic heterocycles. The highest BCUT2D eigenvalue weighted by molar-refractivity contribution is 8.04. The molecule has 0 saturated carbocycles. The molecule has 0 amide bonds. The highest BCUT2D eigenvalue weighted by Gasteiger charge is 2.20. The summed E-state index contributed by atoms with van der Waals surface area (Å²) in [6.45, 7) is 2.23. The number of thioether (sulfide) groups is 1. The van der Waals surface area contributed by atoms with Gasteiger partial charge in [-0.25, -0.2) is 9.78 Å². The standard InChI is InChI=1S/C21H18ClN5O5S/c22-15-3-1-13(2-4-15)19-23-21(25-24-19)33-18(20(28)29)12-14-11-16(27(30)31)5-6-17(14)26-7-9-32-10-8-26/h1-6,11-12H,7-10H2,(H,28,29)(H,23,24,25)/b18-12-. The highest BCUT2D eigenvalue weighted by atomic mass is 35.5. The van der Waals surface area contributed by atoms with Crippen LogP contribution in [0, 0.1) is 10.1 Å². The van der Waals surface area contributed by atoms with Crippen molar-refractivity contribution < 1.29 is 19.6 Å². The molecule has 12 heteroatoms. The van der Waals surface area contributed by atoms with Crippen molar-refractivity contribution in [3.05, 3.63) is 68.1 Å². The van der Waals surface area contributed by atoms with E-state index in [1.807, 2.05) is 4.90 Å². The number of non-ortho nitro benzene ring substituents is 1. The van der Waals surface area contributed by atoms with Crippen LogP contribution in [0.15, 0.2) is 52.5 Å². The molecule has 0 atom stereocenters. The molecule has 2 aromatic carbocycles. The van der Waals surface area contributed by atoms with Gasteiger partial charge in [0.1, 0.15) is 4.91 Å². The molecule has 3 aromatic rings. The number of nitrogens with one attached hydrogen (secondary N) is 1. The third kappa shape index (κ3) is 5.51. The first kappa shape index (κ1) is 22.8. The maximum atomic E-state index is 12.0. The lowest BCUT2D eigenvalue weighted by Crippen LogP contribution is -2.36. The van der Waals surface area contributed by atoms with E-state index in [1.165, 1.54) is 18.2 Å². The second kappa shape index (κ2) is 10.0. The maximum absolute atomic E-state index is 12.0. The van der Waals surface area contributed by atoms with Crippen molar-refractivity contribution in [3.63, 3.8) is 0 Å². The first-order valence-corrected chi connectivity index (χ1v) is 11.0. The van der Waals surface area contributed by atoms with Gasteiger partial charge in [0, 0.05) is 47.1 Å². The normalized spacial score (nSPS) is 14.3. The van der Waals surface area contributed by atoms with Crippen LogP contribution in [0.1, 0.15) is 5.56 Å². The molecule has 0 radical (unpaired) electrons. The average molecular weight is 488 g/mol. The van der Waals surface area contributed by atoms with Crippen molar-refractivity contribution in [2.24, 2.45) is 0 Å². The van der Waals surface area contributed by atoms with E-state index in [0.717, 1.165) is 17.3 Å². The summed E-state index contributed by atoms with van der Waals surface area (Å²) in [7, 11) is 0. The van der Waals surface area contributed by atoms with Gasteiger partial charge in [-0.1, -0.05) is 11.6 Å². The van der Waals surface area contributed by atoms with E-state index < -0.39 is 10.9 Å². The van der Waals surface area contributed by atoms with Gasteiger partial charge in [-0.15, -0.1) is 5.10 Å². The van der Waals surface area contributed by atoms with Crippen molar-refractivity contribution in [2.45, 2.75) is 5.16 Å². The number of H-pyrrole nitrogens is 1. The van der Waals surface area contributed by atoms with Crippen LogP contribution >= 0.6 is 23.4 Å². The number of aromatic amines is 1. The van der Waals surface area contributed by atoms with Crippen LogP contribution < -0.4 is 4.90 Å². The van der Waals surface area contributed by atoms with Crippen molar-refractivity contribution in [1.82, 2.24) is 15.2 Å². The summed E-state index contributed by atoms with van der Waals surface area (Å²) in [5, 5.41) is 28.8. The number of carbonyl (C=O) groups is 1. The fourth-order valence-electron chi connectivity index (χ4n) is 3.27. The predicted molar refractivity (Wildman–Crippen MR) is 124 cm³/mol. The Labute approximate surface area is 197 Å². The molecule has 0 spiro atoms. The Bertz CT molecular complexity index is 1210. The first-order valence-electron chi connectivity index (χ1n) is 9.83. The van der Waals surface area contributed by atoms with E-state index in [1.54, 1.807) is 30.3 Å². The molecule has 33 heavy (non-hydrogen) atoms. The number of nitrogens with zero attached hydrogens (tertiary/aromatic N) is 4. The monoisotopic (exact) mass is 487 g/mol. The number of nitro benzene ring substituents is 1. The van der Waals surface area contributed by atoms with Crippen molar-refractivity contribution in [3.8, 4) is 11.4 Å². The minimum Gasteiger partial charge on any atom is -0.477 e. The van der Waals surface area contributed by atoms with Gasteiger partial charge < -0.3 is 14.7 Å². The third-order valence-electron chi connectivity index (χ3n) is 4.85. The van der Waals surface area contributed by atoms with Crippen LogP contribution in [-0.2, 0) is 9.53 Å². The number of carboxylic acid groups (broad SMARTS) is 1. The molecule has 0 aliphatic carbocycles. The molecule has 1 saturated heterocycles. The number of halogens is 1. The zero-order valence-corrected chi connectivity index (χ0v) is 18.7. The Kier molecular flexibility index (Phi) is 6.92. The number of benzene rings is 2. The van der Waals surface area contributed by atoms with Gasteiger partial charge in [-0.05, 0) is 48.2 Å². The summed E-state index contributed by atoms with van der Waals surface area (Å²) in [6.07, 6.45) is 1.41. The minimum atomic E-state index is -1.20. The number of hydrogen-bond acceptors (Lipinski definition) is 8. The summed E-state index contributed by atoms with van der Waals surface area (Å²) in [4.78, 5) is 29.1. The van der Waals surface area contributed by atoms with Crippen LogP contribution in [0.4, 0.5) is 11.4 Å². The molecule has 1 fully saturated rings. The Morgan fingerprint density at radius 3 is 2.64 bits per heavy atom. The number of ether oxygens (including phenoxy) is 1. The fourth-order valence-corrected chi connectivity index (χ4v) is 4.09. The van der Waals surface area contributed by atoms with Crippen LogP contribution in [0.5, 0.6) is 0 Å². The number of aliphatic carboxylic acids is 1. The second-order valence-corrected chi connectivity index (χ2v) is 8.43. The molecule has 1 aliphatic rings. The number of morpholine rings is 1. The second-order valence-electron chi connectivity index (χ2n) is 6.99. The van der Waals surface area contributed by atoms with Crippen LogP contribution in [-0.4, -0.2) is 57.5 Å². The van der Waals surface area contributed by atoms with Gasteiger partial charge in [0.05, 0.1) is 18.1 Å². The van der Waals surface area contributed by atoms with Crippen LogP contribution in [0.25, 0.3) is 17.5 Å². The predicted octanol–water partition coefficient (Wildman–Crippen LogP) is 4.09. The number of rotatable bonds is 7. The van der Waals surface area contributed by atoms with E-state index in [0.29, 0.717) is 48.4 Å². The van der Waals surface area contributed by atoms with E-state index in [-0.39, 0.29) is 15.7 Å². The molecule has 10 nitrogen and oxygen atoms in total. The molecule has 4 rings (SSSR count). The van der Waals surface area contributed by atoms with E-state index in [4.69, 9.17) is 16.3 Å². The molecule has 2 N–H and O–H groups in total. The Morgan fingerprint density at radius 2 is 1.97 bits per heavy atom. The Balaban J connectivity index is 1.66. The Hall–Kier alpha value is -3.41. The van der Waals surface area contributed by atoms with E-state index in [9.17, 15) is 20.0 Å². The van der Waals surface area contributed by atoms with Gasteiger partial charge in [-0.2, -0.15) is 0 Å². The summed E-state index contributed by atoms with van der Waals surface area (Å²) >= 11 is 6.76. The third-order valence-corrected chi connectivity index (χ3v) is 5.98. The number of nitro groups is 1. The topological polar surface area (TPSA) is 134 Å². The van der Waals surface area contributed by atoms with Crippen LogP contribution in [0.3, 0.4) is 0 Å². The van der Waals surface area contributed by atoms with Gasteiger partial charge in [0.15, 0.2) is 5.82 Å². The molecule has 0 unspecified atom stereocenters. The average Bonchev–Trinajstić information content (AvgIpc) is 3.28. The molecule has 0 bridgehead atoms. The number of aromatic nitrogens is 3. The molecular weight excluding hydrogens is 470 g/mol. The molecule has 2 heterocycles. The maximum Gasteiger partial charge on any atom is 0.342 e. The number of carboxylic acids is 1. The van der Waals surface area contributed by atoms with E-state index >= 15 is 0 Å². The minimum absolute atomic E-state index is 0.0772. The Morgan fingerprint density at radius 1 is 1.24 bits per heavy atom. The van der Waals surface area contributed by atoms with Gasteiger partial charge in [0.25, 0.3) is 5.69 Å². The molecular formula is C21H18ClN5O5S. The lowest BCUT2D eigenvalue weighted by molar-refractivity contribution is -0.384. The zero-order chi connectivity index (χ0) is 23.4. The van der Waals surface area contributed by atoms with Crippen LogP contribution in [0.2, 0.25) is 5.02 Å². The summed E-state index contributed by atoms with van der Waals surface area (Å²) < 4.78 is 5.38. The first-order chi connectivity index (χ1) is 15.9. The summed E-state index contributed by atoms with van der Waals surface area (Å²) in [6, 6.07) is 11.4. The summed E-state index contributed by atoms with van der Waals surface area (Å²) in [5.74, 6) is -0.736. The molecule has 170 valence electrons. The highest BCUT2D eigenvalue weighted by Crippen LogP contribution is 2.33. The smallest absolute Gasteiger partial charge is 0.342 e. The quantitative estimate of drug-likeness (QED) is 0.218. The van der Waals surface area contributed by atoms with Gasteiger partial charge >= 0.3 is 5.97 Å². The lowest BCUT2D eigenvalue weighted by Gasteiger charge is -2.30. The number of anilines is 1. The van der Waals surface area contributed by atoms with Crippen molar-refractivity contribution >= 4 is 46.8 Å². The van der Waals surface area contributed by atoms with Crippen molar-refractivity contribution in [2.75, 3.05) is 31.2 Å². The SMILES string of the molecule is O=C(O)/C(=C/c1cc([N+](=O)[O-])ccc1N1CCOCC1)Sc1n[nH]c(-c2ccc(Cl)cc2)n1. The molecule has 1 aromatic heterocycles. The van der Waals surface area contributed by atoms with Gasteiger partial charge in [-0.3, -0.25) is 15.2 Å². The lowest BCUT2D eigenvalue weighted by atomic mass is 10.1. The van der Waals surface area contributed by atoms with Crippen molar-refractivity contribution in [1.29, 1.82) is 0 Å². The fraction of sp³-hybridized carbons (Fsp3) is 0.190. The van der Waals surface area contributed by atoms with Gasteiger partial charge in [0.2, 0.25) is 5.16 Å². The largest absolute Gasteiger partial charge is 0.477 e. The van der Waals surface area contributed by atoms with E-state index in [2.05, 4.69) is 15.2 Å². The number of hydrogen-bond donors (Lipinski definition) is 2. The zero-order valence-electron chi connectivity index (χ0n) is 17.1.